The number of nitrogens with zero attached hydrogens (tertiary/aromatic N) is 1. The molecule has 146 valence electrons. The number of rotatable bonds is 7. The van der Waals surface area contributed by atoms with E-state index in [0.717, 1.165) is 15.4 Å². The van der Waals surface area contributed by atoms with Crippen molar-refractivity contribution < 1.29 is 17.9 Å². The first-order valence-corrected chi connectivity index (χ1v) is 9.15. The number of anilines is 1. The quantitative estimate of drug-likeness (QED) is 0.360. The van der Waals surface area contributed by atoms with Crippen LogP contribution in [0.15, 0.2) is 48.5 Å². The van der Waals surface area contributed by atoms with E-state index in [1.165, 1.54) is 7.11 Å². The third-order valence-corrected chi connectivity index (χ3v) is 4.75. The van der Waals surface area contributed by atoms with Crippen molar-refractivity contribution in [2.75, 3.05) is 18.0 Å². The van der Waals surface area contributed by atoms with E-state index in [0.29, 0.717) is 11.3 Å². The summed E-state index contributed by atoms with van der Waals surface area (Å²) in [6, 6.07) is 13.8. The number of benzene rings is 2. The fraction of sp³-hybridized carbons (Fsp3) is 0.176. The summed E-state index contributed by atoms with van der Waals surface area (Å²) in [6.45, 7) is -0.113. The highest BCUT2D eigenvalue weighted by molar-refractivity contribution is 7.90. The number of ether oxygens (including phenoxy) is 1. The molecule has 0 atom stereocenters. The van der Waals surface area contributed by atoms with Gasteiger partial charge in [0.05, 0.1) is 19.2 Å². The van der Waals surface area contributed by atoms with Crippen LogP contribution < -0.4 is 15.2 Å². The highest BCUT2D eigenvalue weighted by Gasteiger charge is 2.19. The summed E-state index contributed by atoms with van der Waals surface area (Å²) < 4.78 is 29.1. The molecule has 0 aliphatic heterocycles. The van der Waals surface area contributed by atoms with Crippen molar-refractivity contribution in [3.63, 3.8) is 0 Å². The Morgan fingerprint density at radius 3 is 1.96 bits per heavy atom. The lowest BCUT2D eigenvalue weighted by Gasteiger charge is -2.21. The van der Waals surface area contributed by atoms with Gasteiger partial charge >= 0.3 is 5.97 Å². The molecule has 0 aromatic heterocycles. The minimum Gasteiger partial charge on any atom is -0.469 e. The number of methoxy groups -OCH3 is 1. The molecule has 2 rings (SSSR count). The van der Waals surface area contributed by atoms with Crippen LogP contribution in [0, 0.1) is 5.41 Å². The van der Waals surface area contributed by atoms with Gasteiger partial charge in [0.15, 0.2) is 0 Å². The van der Waals surface area contributed by atoms with E-state index >= 15 is 0 Å². The van der Waals surface area contributed by atoms with Crippen molar-refractivity contribution in [1.29, 1.82) is 5.41 Å². The van der Waals surface area contributed by atoms with E-state index in [9.17, 15) is 13.2 Å². The van der Waals surface area contributed by atoms with Gasteiger partial charge in [-0.05, 0) is 23.3 Å². The molecular weight excluding hydrogens is 392 g/mol. The van der Waals surface area contributed by atoms with Gasteiger partial charge in [-0.1, -0.05) is 36.4 Å². The number of amidine groups is 1. The van der Waals surface area contributed by atoms with E-state index < -0.39 is 16.2 Å². The lowest BCUT2D eigenvalue weighted by molar-refractivity contribution is -0.140. The Balaban J connectivity index is 0.00000364. The van der Waals surface area contributed by atoms with E-state index in [2.05, 4.69) is 4.74 Å². The van der Waals surface area contributed by atoms with E-state index in [4.69, 9.17) is 16.3 Å². The molecule has 8 nitrogen and oxygen atoms in total. The lowest BCUT2D eigenvalue weighted by Crippen LogP contribution is -2.38. The first-order valence-electron chi connectivity index (χ1n) is 7.64. The number of hydrogen-bond donors (Lipinski definition) is 3. The number of esters is 1. The van der Waals surface area contributed by atoms with Crippen LogP contribution in [-0.4, -0.2) is 33.9 Å². The van der Waals surface area contributed by atoms with Gasteiger partial charge in [-0.2, -0.15) is 8.42 Å². The molecule has 10 heteroatoms. The number of nitrogen functional groups attached to an aromatic ring is 1. The molecule has 0 saturated carbocycles. The fourth-order valence-electron chi connectivity index (χ4n) is 2.36. The number of nitrogens with one attached hydrogen (secondary N) is 1. The Labute approximate surface area is 164 Å². The molecule has 0 saturated heterocycles. The van der Waals surface area contributed by atoms with Crippen LogP contribution in [0.3, 0.4) is 0 Å². The third-order valence-electron chi connectivity index (χ3n) is 3.74. The predicted molar refractivity (Wildman–Crippen MR) is 107 cm³/mol. The third kappa shape index (κ3) is 5.95. The van der Waals surface area contributed by atoms with Gasteiger partial charge in [-0.15, -0.1) is 12.4 Å². The Hall–Kier alpha value is -2.62. The smallest absolute Gasteiger partial charge is 0.307 e. The molecule has 27 heavy (non-hydrogen) atoms. The molecule has 2 aromatic rings. The Kier molecular flexibility index (Phi) is 7.77. The largest absolute Gasteiger partial charge is 0.469 e. The molecule has 0 unspecified atom stereocenters. The average Bonchev–Trinajstić information content (AvgIpc) is 2.61. The molecule has 5 N–H and O–H groups in total. The van der Waals surface area contributed by atoms with Gasteiger partial charge in [0.25, 0.3) is 10.2 Å². The van der Waals surface area contributed by atoms with Crippen LogP contribution in [0.5, 0.6) is 0 Å². The number of halogens is 1. The maximum Gasteiger partial charge on any atom is 0.307 e. The predicted octanol–water partition coefficient (Wildman–Crippen LogP) is 1.63. The lowest BCUT2D eigenvalue weighted by atomic mass is 10.0. The van der Waals surface area contributed by atoms with E-state index in [1.807, 2.05) is 12.1 Å². The molecule has 0 aliphatic carbocycles. The topological polar surface area (TPSA) is 140 Å². The van der Waals surface area contributed by atoms with E-state index in [1.54, 1.807) is 36.4 Å². The summed E-state index contributed by atoms with van der Waals surface area (Å²) >= 11 is 0. The van der Waals surface area contributed by atoms with Crippen molar-refractivity contribution >= 4 is 40.1 Å². The van der Waals surface area contributed by atoms with Gasteiger partial charge in [-0.3, -0.25) is 14.5 Å². The summed E-state index contributed by atoms with van der Waals surface area (Å²) in [5.41, 5.74) is 8.14. The van der Waals surface area contributed by atoms with Gasteiger partial charge in [0, 0.05) is 12.1 Å². The Morgan fingerprint density at radius 2 is 1.56 bits per heavy atom. The van der Waals surface area contributed by atoms with Crippen molar-refractivity contribution in [1.82, 2.24) is 0 Å². The normalized spacial score (nSPS) is 10.6. The first kappa shape index (κ1) is 22.4. The Morgan fingerprint density at radius 1 is 1.07 bits per heavy atom. The highest BCUT2D eigenvalue weighted by Crippen LogP contribution is 2.24. The maximum absolute atomic E-state index is 11.8. The molecule has 0 radical (unpaired) electrons. The van der Waals surface area contributed by atoms with Gasteiger partial charge in [0.1, 0.15) is 5.84 Å². The summed E-state index contributed by atoms with van der Waals surface area (Å²) in [6.07, 6.45) is -0.110. The minimum atomic E-state index is -4.03. The first-order chi connectivity index (χ1) is 12.2. The van der Waals surface area contributed by atoms with Crippen LogP contribution in [-0.2, 0) is 19.7 Å². The van der Waals surface area contributed by atoms with Crippen LogP contribution in [0.1, 0.15) is 12.0 Å². The zero-order valence-electron chi connectivity index (χ0n) is 14.6. The van der Waals surface area contributed by atoms with Crippen molar-refractivity contribution in [3.8, 4) is 11.1 Å². The second-order valence-corrected chi connectivity index (χ2v) is 6.95. The highest BCUT2D eigenvalue weighted by atomic mass is 35.5. The summed E-state index contributed by atoms with van der Waals surface area (Å²) in [7, 11) is -2.79. The van der Waals surface area contributed by atoms with Crippen LogP contribution >= 0.6 is 12.4 Å². The number of carbonyl (C=O) groups is 1. The zero-order chi connectivity index (χ0) is 19.3. The molecule has 0 aliphatic rings. The standard InChI is InChI=1S/C17H20N4O4S.ClH/c1-25-16(22)10-11-21(26(20,23)24)15-8-6-13(7-9-15)12-2-4-14(5-3-12)17(18)19;/h2-9H,10-11H2,1H3,(H3,18,19)(H2,20,23,24);1H. The molecule has 0 spiro atoms. The summed E-state index contributed by atoms with van der Waals surface area (Å²) in [5.74, 6) is -0.540. The summed E-state index contributed by atoms with van der Waals surface area (Å²) in [4.78, 5) is 11.3. The number of nitrogens with two attached hydrogens (primary N) is 2. The molecule has 0 fully saturated rings. The van der Waals surface area contributed by atoms with Gasteiger partial charge in [0.2, 0.25) is 0 Å². The van der Waals surface area contributed by atoms with Crippen LogP contribution in [0.25, 0.3) is 11.1 Å². The molecular formula is C17H21ClN4O4S. The average molecular weight is 413 g/mol. The van der Waals surface area contributed by atoms with Crippen LogP contribution in [0.2, 0.25) is 0 Å². The maximum atomic E-state index is 11.8. The second-order valence-electron chi connectivity index (χ2n) is 5.48. The minimum absolute atomic E-state index is 0. The van der Waals surface area contributed by atoms with E-state index in [-0.39, 0.29) is 31.2 Å². The van der Waals surface area contributed by atoms with Crippen LogP contribution in [0.4, 0.5) is 5.69 Å². The molecule has 0 amide bonds. The molecule has 2 aromatic carbocycles. The van der Waals surface area contributed by atoms with Gasteiger partial charge < -0.3 is 10.5 Å². The van der Waals surface area contributed by atoms with Crippen molar-refractivity contribution in [2.24, 2.45) is 10.9 Å². The second kappa shape index (κ2) is 9.36. The summed E-state index contributed by atoms with van der Waals surface area (Å²) in [5, 5.41) is 12.6. The number of hydrogen-bond acceptors (Lipinski definition) is 5. The number of carbonyl (C=O) groups excluding carboxylic acids is 1. The monoisotopic (exact) mass is 412 g/mol. The molecule has 0 heterocycles. The fourth-order valence-corrected chi connectivity index (χ4v) is 3.12. The van der Waals surface area contributed by atoms with Crippen molar-refractivity contribution in [2.45, 2.75) is 6.42 Å². The van der Waals surface area contributed by atoms with Gasteiger partial charge in [-0.25, -0.2) is 5.14 Å². The zero-order valence-corrected chi connectivity index (χ0v) is 16.2. The SMILES string of the molecule is COC(=O)CCN(c1ccc(-c2ccc(C(=N)N)cc2)cc1)S(N)(=O)=O.Cl. The van der Waals surface area contributed by atoms with Crippen molar-refractivity contribution in [3.05, 3.63) is 54.1 Å². The Bertz CT molecular complexity index is 900. The molecule has 0 bridgehead atoms.